The van der Waals surface area contributed by atoms with E-state index >= 15 is 0 Å². The number of nitrogens with zero attached hydrogens (tertiary/aromatic N) is 3. The number of morpholine rings is 1. The zero-order valence-corrected chi connectivity index (χ0v) is 15.4. The molecule has 0 unspecified atom stereocenters. The zero-order valence-electron chi connectivity index (χ0n) is 15.4. The number of hydrogen-bond donors (Lipinski definition) is 0. The van der Waals surface area contributed by atoms with Crippen LogP contribution in [0, 0.1) is 6.92 Å². The molecule has 1 fully saturated rings. The van der Waals surface area contributed by atoms with Gasteiger partial charge in [0.2, 0.25) is 5.76 Å². The molecule has 0 N–H and O–H groups in total. The number of aryl methyl sites for hydroxylation is 2. The fourth-order valence-corrected chi connectivity index (χ4v) is 3.29. The molecule has 0 amide bonds. The van der Waals surface area contributed by atoms with Crippen molar-refractivity contribution in [2.24, 2.45) is 7.05 Å². The minimum absolute atomic E-state index is 0.0250. The van der Waals surface area contributed by atoms with Crippen molar-refractivity contribution in [2.75, 3.05) is 26.8 Å². The molecular formula is C18H25N3O4. The summed E-state index contributed by atoms with van der Waals surface area (Å²) in [7, 11) is 3.25. The van der Waals surface area contributed by atoms with Crippen LogP contribution < -0.4 is 0 Å². The van der Waals surface area contributed by atoms with Gasteiger partial charge in [-0.1, -0.05) is 0 Å². The lowest BCUT2D eigenvalue weighted by Gasteiger charge is -2.42. The Hall–Kier alpha value is -2.12. The number of rotatable bonds is 4. The monoisotopic (exact) mass is 347 g/mol. The van der Waals surface area contributed by atoms with Crippen LogP contribution in [-0.4, -0.2) is 47.5 Å². The van der Waals surface area contributed by atoms with E-state index in [9.17, 15) is 4.79 Å². The van der Waals surface area contributed by atoms with Crippen molar-refractivity contribution in [2.45, 2.75) is 32.4 Å². The van der Waals surface area contributed by atoms with E-state index in [2.05, 4.69) is 23.8 Å². The number of furan rings is 1. The van der Waals surface area contributed by atoms with Gasteiger partial charge in [-0.2, -0.15) is 5.10 Å². The number of ether oxygens (including phenoxy) is 2. The Morgan fingerprint density at radius 2 is 2.24 bits per heavy atom. The van der Waals surface area contributed by atoms with E-state index in [1.165, 1.54) is 7.11 Å². The number of hydrogen-bond acceptors (Lipinski definition) is 6. The number of aromatic nitrogens is 2. The first kappa shape index (κ1) is 17.7. The van der Waals surface area contributed by atoms with Gasteiger partial charge in [0.25, 0.3) is 0 Å². The second-order valence-electron chi connectivity index (χ2n) is 6.78. The second kappa shape index (κ2) is 6.65. The minimum atomic E-state index is -0.446. The van der Waals surface area contributed by atoms with Crippen LogP contribution in [0.3, 0.4) is 0 Å². The molecule has 0 spiro atoms. The molecule has 1 aliphatic rings. The summed E-state index contributed by atoms with van der Waals surface area (Å²) in [6, 6.07) is 1.94. The summed E-state index contributed by atoms with van der Waals surface area (Å²) in [5.41, 5.74) is 1.42. The van der Waals surface area contributed by atoms with Gasteiger partial charge in [0.15, 0.2) is 0 Å². The smallest absolute Gasteiger partial charge is 0.374 e. The summed E-state index contributed by atoms with van der Waals surface area (Å²) < 4.78 is 18.4. The summed E-state index contributed by atoms with van der Waals surface area (Å²) >= 11 is 0. The van der Waals surface area contributed by atoms with E-state index in [4.69, 9.17) is 13.9 Å². The highest BCUT2D eigenvalue weighted by molar-refractivity contribution is 5.87. The van der Waals surface area contributed by atoms with Crippen molar-refractivity contribution in [3.63, 3.8) is 0 Å². The van der Waals surface area contributed by atoms with Crippen LogP contribution in [-0.2, 0) is 22.1 Å². The fourth-order valence-electron chi connectivity index (χ4n) is 3.29. The molecule has 3 rings (SSSR count). The van der Waals surface area contributed by atoms with E-state index < -0.39 is 11.6 Å². The van der Waals surface area contributed by atoms with Crippen molar-refractivity contribution >= 4 is 5.97 Å². The average molecular weight is 347 g/mol. The number of methoxy groups -OCH3 is 1. The Morgan fingerprint density at radius 3 is 2.88 bits per heavy atom. The molecule has 2 atom stereocenters. The Labute approximate surface area is 147 Å². The maximum atomic E-state index is 11.8. The van der Waals surface area contributed by atoms with Gasteiger partial charge in [-0.25, -0.2) is 4.79 Å². The highest BCUT2D eigenvalue weighted by Gasteiger charge is 2.37. The second-order valence-corrected chi connectivity index (χ2v) is 6.78. The first-order chi connectivity index (χ1) is 11.8. The van der Waals surface area contributed by atoms with Crippen LogP contribution in [0.4, 0.5) is 0 Å². The molecule has 0 aromatic carbocycles. The lowest BCUT2D eigenvalue weighted by molar-refractivity contribution is -0.114. The fraction of sp³-hybridized carbons (Fsp3) is 0.556. The lowest BCUT2D eigenvalue weighted by atomic mass is 9.96. The molecule has 0 aliphatic carbocycles. The van der Waals surface area contributed by atoms with Crippen molar-refractivity contribution in [1.29, 1.82) is 0 Å². The van der Waals surface area contributed by atoms with Gasteiger partial charge in [0.05, 0.1) is 26.0 Å². The Kier molecular flexibility index (Phi) is 4.71. The van der Waals surface area contributed by atoms with E-state index in [-0.39, 0.29) is 11.8 Å². The van der Waals surface area contributed by atoms with Crippen LogP contribution in [0.5, 0.6) is 0 Å². The van der Waals surface area contributed by atoms with Crippen molar-refractivity contribution in [1.82, 2.24) is 14.7 Å². The SMILES string of the molecule is COC(=O)c1oc([C@@H](C)N2CCO[C@](C)(c3cnn(C)c3)C2)cc1C. The van der Waals surface area contributed by atoms with Crippen molar-refractivity contribution in [3.05, 3.63) is 41.1 Å². The normalized spacial score (nSPS) is 22.8. The molecule has 2 aromatic heterocycles. The van der Waals surface area contributed by atoms with Gasteiger partial charge in [-0.05, 0) is 26.8 Å². The summed E-state index contributed by atoms with van der Waals surface area (Å²) in [6.07, 6.45) is 3.83. The largest absolute Gasteiger partial charge is 0.463 e. The minimum Gasteiger partial charge on any atom is -0.463 e. The molecule has 0 radical (unpaired) electrons. The van der Waals surface area contributed by atoms with Crippen LogP contribution in [0.15, 0.2) is 22.9 Å². The number of esters is 1. The molecule has 2 aromatic rings. The molecule has 7 nitrogen and oxygen atoms in total. The highest BCUT2D eigenvalue weighted by atomic mass is 16.5. The maximum absolute atomic E-state index is 11.8. The third-order valence-electron chi connectivity index (χ3n) is 4.89. The highest BCUT2D eigenvalue weighted by Crippen LogP contribution is 2.34. The summed E-state index contributed by atoms with van der Waals surface area (Å²) in [6.45, 7) is 8.15. The van der Waals surface area contributed by atoms with Gasteiger partial charge in [0, 0.05) is 37.5 Å². The Bertz CT molecular complexity index is 766. The third-order valence-corrected chi connectivity index (χ3v) is 4.89. The molecule has 1 aliphatic heterocycles. The molecular weight excluding hydrogens is 322 g/mol. The van der Waals surface area contributed by atoms with Crippen molar-refractivity contribution in [3.8, 4) is 0 Å². The standard InChI is InChI=1S/C18H25N3O4/c1-12-8-15(25-16(12)17(22)23-5)13(2)21-6-7-24-18(3,11-21)14-9-19-20(4)10-14/h8-10,13H,6-7,11H2,1-5H3/t13-,18+/m1/s1. The predicted molar refractivity (Wildman–Crippen MR) is 91.3 cm³/mol. The predicted octanol–water partition coefficient (Wildman–Crippen LogP) is 2.42. The molecule has 3 heterocycles. The summed E-state index contributed by atoms with van der Waals surface area (Å²) in [4.78, 5) is 14.1. The molecule has 1 saturated heterocycles. The first-order valence-electron chi connectivity index (χ1n) is 8.40. The van der Waals surface area contributed by atoms with Crippen LogP contribution in [0.2, 0.25) is 0 Å². The van der Waals surface area contributed by atoms with Gasteiger partial charge in [-0.15, -0.1) is 0 Å². The molecule has 25 heavy (non-hydrogen) atoms. The molecule has 136 valence electrons. The molecule has 0 saturated carbocycles. The van der Waals surface area contributed by atoms with Crippen LogP contribution in [0.1, 0.15) is 47.3 Å². The quantitative estimate of drug-likeness (QED) is 0.791. The average Bonchev–Trinajstić information content (AvgIpc) is 3.20. The summed E-state index contributed by atoms with van der Waals surface area (Å²) in [5, 5.41) is 4.26. The number of carbonyl (C=O) groups excluding carboxylic acids is 1. The summed E-state index contributed by atoms with van der Waals surface area (Å²) in [5.74, 6) is 0.582. The van der Waals surface area contributed by atoms with Crippen molar-refractivity contribution < 1.29 is 18.7 Å². The molecule has 7 heteroatoms. The maximum Gasteiger partial charge on any atom is 0.374 e. The van der Waals surface area contributed by atoms with Gasteiger partial charge in [-0.3, -0.25) is 9.58 Å². The van der Waals surface area contributed by atoms with Gasteiger partial charge >= 0.3 is 5.97 Å². The van der Waals surface area contributed by atoms with Gasteiger partial charge in [0.1, 0.15) is 11.4 Å². The van der Waals surface area contributed by atoms with Crippen LogP contribution >= 0.6 is 0 Å². The van der Waals surface area contributed by atoms with Gasteiger partial charge < -0.3 is 13.9 Å². The zero-order chi connectivity index (χ0) is 18.2. The van der Waals surface area contributed by atoms with E-state index in [0.717, 1.165) is 23.4 Å². The molecule has 0 bridgehead atoms. The number of carbonyl (C=O) groups is 1. The third kappa shape index (κ3) is 3.34. The Morgan fingerprint density at radius 1 is 1.48 bits per heavy atom. The first-order valence-corrected chi connectivity index (χ1v) is 8.40. The van der Waals surface area contributed by atoms with Crippen LogP contribution in [0.25, 0.3) is 0 Å². The Balaban J connectivity index is 1.80. The topological polar surface area (TPSA) is 69.7 Å². The van der Waals surface area contributed by atoms with E-state index in [0.29, 0.717) is 13.2 Å². The lowest BCUT2D eigenvalue weighted by Crippen LogP contribution is -2.48. The van der Waals surface area contributed by atoms with E-state index in [1.807, 2.05) is 32.4 Å². The van der Waals surface area contributed by atoms with E-state index in [1.54, 1.807) is 4.68 Å².